The van der Waals surface area contributed by atoms with Crippen LogP contribution in [0.2, 0.25) is 0 Å². The predicted octanol–water partition coefficient (Wildman–Crippen LogP) is 5.40. The second-order valence-electron chi connectivity index (χ2n) is 7.07. The molecule has 0 bridgehead atoms. The SMILES string of the molecule is CCCCCc1ccc(-c2ncc(-c3ccc(OC(C)C(=O)O)cc3)cn2)cc1. The summed E-state index contributed by atoms with van der Waals surface area (Å²) in [5.74, 6) is 0.219. The minimum atomic E-state index is -0.993. The molecule has 5 heteroatoms. The van der Waals surface area contributed by atoms with Gasteiger partial charge in [0.25, 0.3) is 0 Å². The van der Waals surface area contributed by atoms with E-state index in [0.717, 1.165) is 23.1 Å². The van der Waals surface area contributed by atoms with Crippen LogP contribution < -0.4 is 4.74 Å². The van der Waals surface area contributed by atoms with Crippen molar-refractivity contribution in [3.63, 3.8) is 0 Å². The lowest BCUT2D eigenvalue weighted by atomic mass is 10.0. The number of rotatable bonds is 9. The van der Waals surface area contributed by atoms with Crippen molar-refractivity contribution in [2.45, 2.75) is 45.6 Å². The van der Waals surface area contributed by atoms with Crippen LogP contribution in [0, 0.1) is 0 Å². The van der Waals surface area contributed by atoms with E-state index >= 15 is 0 Å². The summed E-state index contributed by atoms with van der Waals surface area (Å²) in [5.41, 5.74) is 4.18. The van der Waals surface area contributed by atoms with Crippen LogP contribution in [0.3, 0.4) is 0 Å². The van der Waals surface area contributed by atoms with Gasteiger partial charge in [-0.05, 0) is 43.0 Å². The van der Waals surface area contributed by atoms with E-state index in [4.69, 9.17) is 9.84 Å². The second-order valence-corrected chi connectivity index (χ2v) is 7.07. The maximum atomic E-state index is 10.9. The quantitative estimate of drug-likeness (QED) is 0.496. The van der Waals surface area contributed by atoms with Gasteiger partial charge in [-0.1, -0.05) is 56.2 Å². The first-order valence-corrected chi connectivity index (χ1v) is 9.98. The molecule has 0 fully saturated rings. The van der Waals surface area contributed by atoms with Crippen LogP contribution in [0.15, 0.2) is 60.9 Å². The molecule has 1 heterocycles. The fourth-order valence-electron chi connectivity index (χ4n) is 3.01. The summed E-state index contributed by atoms with van der Waals surface area (Å²) in [6.07, 6.45) is 7.54. The number of ether oxygens (including phenoxy) is 1. The molecule has 3 rings (SSSR count). The standard InChI is InChI=1S/C24H26N2O3/c1-3-4-5-6-18-7-9-20(10-8-18)23-25-15-21(16-26-23)19-11-13-22(14-12-19)29-17(2)24(27)28/h7-17H,3-6H2,1-2H3,(H,27,28). The lowest BCUT2D eigenvalue weighted by molar-refractivity contribution is -0.144. The Balaban J connectivity index is 1.66. The van der Waals surface area contributed by atoms with E-state index in [2.05, 4.69) is 41.2 Å². The van der Waals surface area contributed by atoms with Gasteiger partial charge >= 0.3 is 5.97 Å². The Morgan fingerprint density at radius 3 is 2.14 bits per heavy atom. The molecule has 1 atom stereocenters. The topological polar surface area (TPSA) is 72.3 Å². The molecule has 0 aliphatic carbocycles. The molecule has 0 aliphatic rings. The number of aryl methyl sites for hydroxylation is 1. The van der Waals surface area contributed by atoms with Gasteiger partial charge in [0.2, 0.25) is 0 Å². The van der Waals surface area contributed by atoms with Crippen LogP contribution in [0.25, 0.3) is 22.5 Å². The highest BCUT2D eigenvalue weighted by atomic mass is 16.5. The Kier molecular flexibility index (Phi) is 6.95. The van der Waals surface area contributed by atoms with E-state index < -0.39 is 12.1 Å². The first-order valence-electron chi connectivity index (χ1n) is 9.98. The van der Waals surface area contributed by atoms with E-state index in [1.807, 2.05) is 12.1 Å². The van der Waals surface area contributed by atoms with Gasteiger partial charge in [0.15, 0.2) is 11.9 Å². The van der Waals surface area contributed by atoms with Crippen LogP contribution in [-0.2, 0) is 11.2 Å². The highest BCUT2D eigenvalue weighted by molar-refractivity contribution is 5.72. The number of hydrogen-bond acceptors (Lipinski definition) is 4. The predicted molar refractivity (Wildman–Crippen MR) is 114 cm³/mol. The smallest absolute Gasteiger partial charge is 0.344 e. The number of aromatic nitrogens is 2. The van der Waals surface area contributed by atoms with Crippen LogP contribution in [0.4, 0.5) is 0 Å². The Hall–Kier alpha value is -3.21. The molecule has 1 unspecified atom stereocenters. The second kappa shape index (κ2) is 9.82. The normalized spacial score (nSPS) is 11.8. The summed E-state index contributed by atoms with van der Waals surface area (Å²) in [7, 11) is 0. The molecule has 0 saturated heterocycles. The molecule has 29 heavy (non-hydrogen) atoms. The van der Waals surface area contributed by atoms with Crippen LogP contribution in [0.1, 0.15) is 38.7 Å². The molecule has 0 radical (unpaired) electrons. The minimum absolute atomic E-state index is 0.514. The van der Waals surface area contributed by atoms with E-state index in [1.54, 1.807) is 24.5 Å². The molecule has 0 amide bonds. The van der Waals surface area contributed by atoms with Gasteiger partial charge < -0.3 is 9.84 Å². The first-order chi connectivity index (χ1) is 14.1. The fourth-order valence-corrected chi connectivity index (χ4v) is 3.01. The molecule has 2 aromatic carbocycles. The van der Waals surface area contributed by atoms with Gasteiger partial charge in [-0.15, -0.1) is 0 Å². The van der Waals surface area contributed by atoms with Crippen molar-refractivity contribution in [2.24, 2.45) is 0 Å². The van der Waals surface area contributed by atoms with Gasteiger partial charge in [-0.2, -0.15) is 0 Å². The first kappa shape index (κ1) is 20.5. The van der Waals surface area contributed by atoms with Gasteiger partial charge in [0.1, 0.15) is 5.75 Å². The zero-order valence-corrected chi connectivity index (χ0v) is 16.8. The number of nitrogens with zero attached hydrogens (tertiary/aromatic N) is 2. The third-order valence-corrected chi connectivity index (χ3v) is 4.78. The lowest BCUT2D eigenvalue weighted by Crippen LogP contribution is -2.22. The number of carboxylic acids is 1. The van der Waals surface area contributed by atoms with Crippen molar-refractivity contribution >= 4 is 5.97 Å². The third-order valence-electron chi connectivity index (χ3n) is 4.78. The van der Waals surface area contributed by atoms with Crippen molar-refractivity contribution in [3.05, 3.63) is 66.5 Å². The Morgan fingerprint density at radius 2 is 1.55 bits per heavy atom. The number of carboxylic acid groups (broad SMARTS) is 1. The summed E-state index contributed by atoms with van der Waals surface area (Å²) < 4.78 is 5.35. The molecule has 5 nitrogen and oxygen atoms in total. The van der Waals surface area contributed by atoms with Crippen molar-refractivity contribution in [2.75, 3.05) is 0 Å². The Bertz CT molecular complexity index is 920. The average Bonchev–Trinajstić information content (AvgIpc) is 2.75. The van der Waals surface area contributed by atoms with Gasteiger partial charge in [0.05, 0.1) is 0 Å². The Labute approximate surface area is 171 Å². The molecule has 150 valence electrons. The van der Waals surface area contributed by atoms with Crippen molar-refractivity contribution in [1.29, 1.82) is 0 Å². The largest absolute Gasteiger partial charge is 0.479 e. The van der Waals surface area contributed by atoms with Gasteiger partial charge in [0, 0.05) is 23.5 Å². The van der Waals surface area contributed by atoms with E-state index in [9.17, 15) is 4.79 Å². The number of hydrogen-bond donors (Lipinski definition) is 1. The average molecular weight is 390 g/mol. The number of aliphatic carboxylic acids is 1. The highest BCUT2D eigenvalue weighted by Crippen LogP contribution is 2.24. The summed E-state index contributed by atoms with van der Waals surface area (Å²) in [4.78, 5) is 19.9. The summed E-state index contributed by atoms with van der Waals surface area (Å²) >= 11 is 0. The zero-order chi connectivity index (χ0) is 20.6. The lowest BCUT2D eigenvalue weighted by Gasteiger charge is -2.10. The fraction of sp³-hybridized carbons (Fsp3) is 0.292. The van der Waals surface area contributed by atoms with Crippen molar-refractivity contribution in [1.82, 2.24) is 9.97 Å². The van der Waals surface area contributed by atoms with Crippen LogP contribution in [-0.4, -0.2) is 27.1 Å². The summed E-state index contributed by atoms with van der Waals surface area (Å²) in [6, 6.07) is 15.7. The van der Waals surface area contributed by atoms with Crippen LogP contribution in [0.5, 0.6) is 5.75 Å². The van der Waals surface area contributed by atoms with Crippen molar-refractivity contribution in [3.8, 4) is 28.3 Å². The number of carbonyl (C=O) groups is 1. The zero-order valence-electron chi connectivity index (χ0n) is 16.8. The van der Waals surface area contributed by atoms with E-state index in [-0.39, 0.29) is 0 Å². The third kappa shape index (κ3) is 5.64. The molecule has 0 spiro atoms. The molecular formula is C24H26N2O3. The monoisotopic (exact) mass is 390 g/mol. The Morgan fingerprint density at radius 1 is 0.931 bits per heavy atom. The molecule has 3 aromatic rings. The van der Waals surface area contributed by atoms with Gasteiger partial charge in [-0.25, -0.2) is 14.8 Å². The number of benzene rings is 2. The molecule has 0 aliphatic heterocycles. The maximum Gasteiger partial charge on any atom is 0.344 e. The molecule has 1 N–H and O–H groups in total. The van der Waals surface area contributed by atoms with Gasteiger partial charge in [-0.3, -0.25) is 0 Å². The van der Waals surface area contributed by atoms with E-state index in [0.29, 0.717) is 11.6 Å². The van der Waals surface area contributed by atoms with E-state index in [1.165, 1.54) is 31.7 Å². The number of unbranched alkanes of at least 4 members (excludes halogenated alkanes) is 2. The molecule has 1 aromatic heterocycles. The van der Waals surface area contributed by atoms with Crippen molar-refractivity contribution < 1.29 is 14.6 Å². The summed E-state index contributed by atoms with van der Waals surface area (Å²) in [5, 5.41) is 8.92. The minimum Gasteiger partial charge on any atom is -0.479 e. The maximum absolute atomic E-state index is 10.9. The summed E-state index contributed by atoms with van der Waals surface area (Å²) in [6.45, 7) is 3.71. The molecular weight excluding hydrogens is 364 g/mol. The van der Waals surface area contributed by atoms with Crippen LogP contribution >= 0.6 is 0 Å². The molecule has 0 saturated carbocycles. The highest BCUT2D eigenvalue weighted by Gasteiger charge is 2.12.